The maximum absolute atomic E-state index is 12.0. The lowest BCUT2D eigenvalue weighted by Crippen LogP contribution is -2.34. The molecule has 5 nitrogen and oxygen atoms in total. The van der Waals surface area contributed by atoms with Crippen molar-refractivity contribution in [3.05, 3.63) is 47.8 Å². The lowest BCUT2D eigenvalue weighted by atomic mass is 10.2. The molecule has 1 atom stereocenters. The van der Waals surface area contributed by atoms with Crippen LogP contribution in [0.2, 0.25) is 0 Å². The van der Waals surface area contributed by atoms with Gasteiger partial charge in [0, 0.05) is 6.54 Å². The summed E-state index contributed by atoms with van der Waals surface area (Å²) in [6, 6.07) is 5.42. The summed E-state index contributed by atoms with van der Waals surface area (Å²) in [5, 5.41) is 2.90. The van der Waals surface area contributed by atoms with Crippen LogP contribution < -0.4 is 5.32 Å². The quantitative estimate of drug-likeness (QED) is 0.897. The van der Waals surface area contributed by atoms with Crippen molar-refractivity contribution in [3.63, 3.8) is 0 Å². The molecular weight excluding hydrogens is 244 g/mol. The smallest absolute Gasteiger partial charge is 0.254 e. The molecular formula is C14H18N2O3. The van der Waals surface area contributed by atoms with Crippen molar-refractivity contribution in [2.45, 2.75) is 13.0 Å². The number of rotatable bonds is 5. The first kappa shape index (κ1) is 13.4. The second kappa shape index (κ2) is 5.75. The van der Waals surface area contributed by atoms with Crippen LogP contribution in [0.15, 0.2) is 39.6 Å². The number of nitrogens with zero attached hydrogens (tertiary/aromatic N) is 1. The first-order chi connectivity index (χ1) is 9.09. The van der Waals surface area contributed by atoms with Crippen molar-refractivity contribution in [3.8, 4) is 0 Å². The van der Waals surface area contributed by atoms with Gasteiger partial charge in [-0.25, -0.2) is 0 Å². The van der Waals surface area contributed by atoms with Gasteiger partial charge in [-0.15, -0.1) is 0 Å². The van der Waals surface area contributed by atoms with Gasteiger partial charge in [-0.2, -0.15) is 0 Å². The van der Waals surface area contributed by atoms with E-state index in [2.05, 4.69) is 5.32 Å². The maximum atomic E-state index is 12.0. The Morgan fingerprint density at radius 3 is 2.63 bits per heavy atom. The van der Waals surface area contributed by atoms with Gasteiger partial charge < -0.3 is 14.2 Å². The van der Waals surface area contributed by atoms with E-state index in [0.717, 1.165) is 5.76 Å². The van der Waals surface area contributed by atoms with Crippen molar-refractivity contribution < 1.29 is 13.6 Å². The molecule has 0 aliphatic rings. The summed E-state index contributed by atoms with van der Waals surface area (Å²) >= 11 is 0. The van der Waals surface area contributed by atoms with E-state index in [-0.39, 0.29) is 11.9 Å². The molecule has 2 rings (SSSR count). The number of nitrogens with one attached hydrogen (secondary N) is 1. The molecule has 102 valence electrons. The lowest BCUT2D eigenvalue weighted by Gasteiger charge is -2.22. The summed E-state index contributed by atoms with van der Waals surface area (Å²) in [4.78, 5) is 14.0. The molecule has 0 fully saturated rings. The number of carbonyl (C=O) groups is 1. The van der Waals surface area contributed by atoms with E-state index >= 15 is 0 Å². The Labute approximate surface area is 112 Å². The van der Waals surface area contributed by atoms with E-state index in [0.29, 0.717) is 17.9 Å². The molecule has 0 radical (unpaired) electrons. The van der Waals surface area contributed by atoms with Crippen LogP contribution in [-0.4, -0.2) is 31.4 Å². The monoisotopic (exact) mass is 262 g/mol. The molecule has 2 aromatic heterocycles. The largest absolute Gasteiger partial charge is 0.469 e. The molecule has 0 saturated carbocycles. The van der Waals surface area contributed by atoms with Crippen LogP contribution in [0.1, 0.15) is 27.9 Å². The normalized spacial score (nSPS) is 12.6. The van der Waals surface area contributed by atoms with Gasteiger partial charge in [-0.1, -0.05) is 0 Å². The van der Waals surface area contributed by atoms with Gasteiger partial charge in [0.1, 0.15) is 11.5 Å². The van der Waals surface area contributed by atoms with Gasteiger partial charge >= 0.3 is 0 Å². The van der Waals surface area contributed by atoms with Gasteiger partial charge in [0.25, 0.3) is 5.91 Å². The van der Waals surface area contributed by atoms with Crippen molar-refractivity contribution in [2.24, 2.45) is 0 Å². The highest BCUT2D eigenvalue weighted by Crippen LogP contribution is 2.18. The fraction of sp³-hybridized carbons (Fsp3) is 0.357. The number of carbonyl (C=O) groups excluding carboxylic acids is 1. The molecule has 5 heteroatoms. The molecule has 19 heavy (non-hydrogen) atoms. The summed E-state index contributed by atoms with van der Waals surface area (Å²) < 4.78 is 10.5. The van der Waals surface area contributed by atoms with Crippen LogP contribution in [-0.2, 0) is 0 Å². The van der Waals surface area contributed by atoms with Gasteiger partial charge in [0.2, 0.25) is 0 Å². The zero-order valence-corrected chi connectivity index (χ0v) is 11.3. The number of hydrogen-bond donors (Lipinski definition) is 1. The Morgan fingerprint density at radius 2 is 2.11 bits per heavy atom. The highest BCUT2D eigenvalue weighted by Gasteiger charge is 2.19. The Morgan fingerprint density at radius 1 is 1.32 bits per heavy atom. The van der Waals surface area contributed by atoms with Crippen molar-refractivity contribution in [1.29, 1.82) is 0 Å². The van der Waals surface area contributed by atoms with Crippen LogP contribution in [0, 0.1) is 6.92 Å². The number of furan rings is 2. The van der Waals surface area contributed by atoms with E-state index in [1.807, 2.05) is 31.1 Å². The third kappa shape index (κ3) is 3.06. The number of aryl methyl sites for hydroxylation is 1. The van der Waals surface area contributed by atoms with Crippen LogP contribution >= 0.6 is 0 Å². The minimum absolute atomic E-state index is 0.00570. The zero-order valence-electron chi connectivity index (χ0n) is 11.3. The third-order valence-electron chi connectivity index (χ3n) is 3.05. The molecule has 2 heterocycles. The number of amides is 1. The lowest BCUT2D eigenvalue weighted by molar-refractivity contribution is 0.0937. The van der Waals surface area contributed by atoms with Gasteiger partial charge in [0.15, 0.2) is 0 Å². The molecule has 2 aromatic rings. The van der Waals surface area contributed by atoms with E-state index in [9.17, 15) is 4.79 Å². The molecule has 0 aliphatic carbocycles. The fourth-order valence-electron chi connectivity index (χ4n) is 1.92. The molecule has 1 unspecified atom stereocenters. The average molecular weight is 262 g/mol. The maximum Gasteiger partial charge on any atom is 0.254 e. The molecule has 1 amide bonds. The van der Waals surface area contributed by atoms with Crippen molar-refractivity contribution >= 4 is 5.91 Å². The number of hydrogen-bond acceptors (Lipinski definition) is 4. The van der Waals surface area contributed by atoms with E-state index < -0.39 is 0 Å². The second-order valence-corrected chi connectivity index (χ2v) is 4.60. The summed E-state index contributed by atoms with van der Waals surface area (Å²) in [6.45, 7) is 2.24. The highest BCUT2D eigenvalue weighted by molar-refractivity contribution is 5.95. The number of likely N-dealkylation sites (N-methyl/N-ethyl adjacent to an activating group) is 1. The van der Waals surface area contributed by atoms with Crippen molar-refractivity contribution in [2.75, 3.05) is 20.6 Å². The topological polar surface area (TPSA) is 58.6 Å². The van der Waals surface area contributed by atoms with Gasteiger partial charge in [-0.3, -0.25) is 9.69 Å². The molecule has 0 aromatic carbocycles. The minimum atomic E-state index is -0.135. The highest BCUT2D eigenvalue weighted by atomic mass is 16.3. The predicted octanol–water partition coefficient (Wildman–Crippen LogP) is 2.21. The van der Waals surface area contributed by atoms with E-state index in [1.165, 1.54) is 6.26 Å². The fourth-order valence-corrected chi connectivity index (χ4v) is 1.92. The van der Waals surface area contributed by atoms with Crippen LogP contribution in [0.5, 0.6) is 0 Å². The standard InChI is InChI=1S/C14H18N2O3/c1-10-11(6-8-18-10)14(17)15-9-12(16(2)3)13-5-4-7-19-13/h4-8,12H,9H2,1-3H3,(H,15,17). The summed E-state index contributed by atoms with van der Waals surface area (Å²) in [6.07, 6.45) is 3.15. The van der Waals surface area contributed by atoms with E-state index in [1.54, 1.807) is 19.3 Å². The molecule has 0 bridgehead atoms. The summed E-state index contributed by atoms with van der Waals surface area (Å²) in [5.41, 5.74) is 0.567. The van der Waals surface area contributed by atoms with Gasteiger partial charge in [0.05, 0.1) is 24.1 Å². The molecule has 1 N–H and O–H groups in total. The Balaban J connectivity index is 2.00. The molecule has 0 spiro atoms. The summed E-state index contributed by atoms with van der Waals surface area (Å²) in [7, 11) is 3.89. The Bertz CT molecular complexity index is 529. The molecule has 0 saturated heterocycles. The Kier molecular flexibility index (Phi) is 4.06. The minimum Gasteiger partial charge on any atom is -0.469 e. The Hall–Kier alpha value is -2.01. The first-order valence-electron chi connectivity index (χ1n) is 6.11. The second-order valence-electron chi connectivity index (χ2n) is 4.60. The van der Waals surface area contributed by atoms with Crippen LogP contribution in [0.3, 0.4) is 0 Å². The first-order valence-corrected chi connectivity index (χ1v) is 6.11. The van der Waals surface area contributed by atoms with Crippen LogP contribution in [0.25, 0.3) is 0 Å². The van der Waals surface area contributed by atoms with Crippen LogP contribution in [0.4, 0.5) is 0 Å². The summed E-state index contributed by atoms with van der Waals surface area (Å²) in [5.74, 6) is 1.32. The third-order valence-corrected chi connectivity index (χ3v) is 3.05. The average Bonchev–Trinajstić information content (AvgIpc) is 3.00. The van der Waals surface area contributed by atoms with Gasteiger partial charge in [-0.05, 0) is 39.2 Å². The van der Waals surface area contributed by atoms with Crippen molar-refractivity contribution in [1.82, 2.24) is 10.2 Å². The predicted molar refractivity (Wildman–Crippen MR) is 70.9 cm³/mol. The SMILES string of the molecule is Cc1occc1C(=O)NCC(c1ccco1)N(C)C. The van der Waals surface area contributed by atoms with E-state index in [4.69, 9.17) is 8.83 Å². The molecule has 0 aliphatic heterocycles. The zero-order chi connectivity index (χ0) is 13.8.